The topological polar surface area (TPSA) is 117 Å². The van der Waals surface area contributed by atoms with Crippen LogP contribution in [0.2, 0.25) is 0 Å². The quantitative estimate of drug-likeness (QED) is 0.440. The Morgan fingerprint density at radius 1 is 0.933 bits per heavy atom. The second kappa shape index (κ2) is 12.2. The first-order valence-electron chi connectivity index (χ1n) is 9.70. The van der Waals surface area contributed by atoms with E-state index < -0.39 is 30.2 Å². The molecule has 2 rings (SSSR count). The first kappa shape index (κ1) is 22.9. The number of aliphatic hydroxyl groups excluding tert-OH is 1. The van der Waals surface area contributed by atoms with E-state index >= 15 is 0 Å². The average Bonchev–Trinajstić information content (AvgIpc) is 2.76. The second-order valence-electron chi connectivity index (χ2n) is 6.75. The Bertz CT molecular complexity index is 814. The van der Waals surface area contributed by atoms with Crippen molar-refractivity contribution in [3.63, 3.8) is 0 Å². The van der Waals surface area contributed by atoms with Crippen LogP contribution in [-0.2, 0) is 27.4 Å². The van der Waals surface area contributed by atoms with Crippen molar-refractivity contribution >= 4 is 17.9 Å². The molecule has 2 aromatic rings. The molecule has 2 aromatic carbocycles. The molecule has 0 bridgehead atoms. The van der Waals surface area contributed by atoms with E-state index in [1.165, 1.54) is 6.92 Å². The highest BCUT2D eigenvalue weighted by atomic mass is 16.5. The first-order chi connectivity index (χ1) is 14.4. The summed E-state index contributed by atoms with van der Waals surface area (Å²) in [6, 6.07) is 17.9. The molecule has 4 N–H and O–H groups in total. The second-order valence-corrected chi connectivity index (χ2v) is 6.75. The Hall–Kier alpha value is -3.39. The molecule has 0 aliphatic rings. The first-order valence-corrected chi connectivity index (χ1v) is 9.70. The van der Waals surface area contributed by atoms with E-state index in [4.69, 9.17) is 4.74 Å². The van der Waals surface area contributed by atoms with Gasteiger partial charge in [0.2, 0.25) is 11.8 Å². The summed E-state index contributed by atoms with van der Waals surface area (Å²) in [7, 11) is 0. The smallest absolute Gasteiger partial charge is 0.407 e. The van der Waals surface area contributed by atoms with Crippen molar-refractivity contribution < 1.29 is 24.2 Å². The Labute approximate surface area is 175 Å². The zero-order chi connectivity index (χ0) is 21.8. The van der Waals surface area contributed by atoms with Crippen molar-refractivity contribution in [1.82, 2.24) is 16.0 Å². The lowest BCUT2D eigenvalue weighted by atomic mass is 10.1. The van der Waals surface area contributed by atoms with Crippen LogP contribution in [0.4, 0.5) is 4.79 Å². The number of amides is 3. The molecule has 8 nitrogen and oxygen atoms in total. The number of aliphatic hydroxyl groups is 1. The summed E-state index contributed by atoms with van der Waals surface area (Å²) in [5.41, 5.74) is 1.88. The number of hydrogen-bond acceptors (Lipinski definition) is 5. The van der Waals surface area contributed by atoms with Crippen LogP contribution in [0.5, 0.6) is 0 Å². The van der Waals surface area contributed by atoms with Crippen LogP contribution >= 0.6 is 0 Å². The molecular weight excluding hydrogens is 386 g/mol. The van der Waals surface area contributed by atoms with Gasteiger partial charge in [-0.1, -0.05) is 60.7 Å². The summed E-state index contributed by atoms with van der Waals surface area (Å²) in [6.07, 6.45) is -0.797. The van der Waals surface area contributed by atoms with Gasteiger partial charge in [0.15, 0.2) is 0 Å². The van der Waals surface area contributed by atoms with Gasteiger partial charge in [0.1, 0.15) is 25.4 Å². The number of aryl methyl sites for hydroxylation is 1. The molecule has 3 amide bonds. The highest BCUT2D eigenvalue weighted by molar-refractivity contribution is 5.89. The van der Waals surface area contributed by atoms with E-state index in [-0.39, 0.29) is 13.2 Å². The lowest BCUT2D eigenvalue weighted by molar-refractivity contribution is -0.130. The maximum Gasteiger partial charge on any atom is 0.407 e. The van der Waals surface area contributed by atoms with Crippen LogP contribution in [0.3, 0.4) is 0 Å². The Balaban J connectivity index is 1.62. The average molecular weight is 413 g/mol. The molecule has 2 atom stereocenters. The molecule has 0 aromatic heterocycles. The molecule has 0 saturated heterocycles. The van der Waals surface area contributed by atoms with Gasteiger partial charge in [-0.25, -0.2) is 4.79 Å². The normalized spacial score (nSPS) is 12.3. The van der Waals surface area contributed by atoms with Crippen molar-refractivity contribution in [1.29, 1.82) is 0 Å². The van der Waals surface area contributed by atoms with Crippen molar-refractivity contribution in [2.75, 3.05) is 6.54 Å². The molecule has 0 radical (unpaired) electrons. The van der Waals surface area contributed by atoms with Gasteiger partial charge in [0, 0.05) is 0 Å². The van der Waals surface area contributed by atoms with Crippen LogP contribution in [0.15, 0.2) is 60.7 Å². The van der Waals surface area contributed by atoms with Gasteiger partial charge >= 0.3 is 6.09 Å². The molecule has 30 heavy (non-hydrogen) atoms. The fourth-order valence-corrected chi connectivity index (χ4v) is 2.59. The minimum absolute atomic E-state index is 0.0912. The van der Waals surface area contributed by atoms with Crippen LogP contribution in [0.1, 0.15) is 24.5 Å². The molecule has 160 valence electrons. The summed E-state index contributed by atoms with van der Waals surface area (Å²) >= 11 is 0. The highest BCUT2D eigenvalue weighted by Gasteiger charge is 2.18. The summed E-state index contributed by atoms with van der Waals surface area (Å²) < 4.78 is 5.00. The number of nitrogens with one attached hydrogen (secondary N) is 3. The third kappa shape index (κ3) is 8.74. The SMILES string of the molecule is C[C@H](NC(=O)CNC(=O)OCc1ccccc1)C(=O)NC(O)CCc1ccccc1. The number of alkyl carbamates (subject to hydrolysis) is 1. The van der Waals surface area contributed by atoms with E-state index in [9.17, 15) is 19.5 Å². The third-order valence-corrected chi connectivity index (χ3v) is 4.23. The number of carbonyl (C=O) groups is 3. The lowest BCUT2D eigenvalue weighted by Gasteiger charge is -2.18. The Kier molecular flexibility index (Phi) is 9.33. The molecule has 8 heteroatoms. The van der Waals surface area contributed by atoms with Gasteiger partial charge in [-0.05, 0) is 30.9 Å². The Morgan fingerprint density at radius 2 is 1.53 bits per heavy atom. The maximum atomic E-state index is 12.1. The van der Waals surface area contributed by atoms with Crippen molar-refractivity contribution in [2.24, 2.45) is 0 Å². The Morgan fingerprint density at radius 3 is 2.17 bits per heavy atom. The molecule has 1 unspecified atom stereocenters. The monoisotopic (exact) mass is 413 g/mol. The molecular formula is C22H27N3O5. The van der Waals surface area contributed by atoms with Gasteiger partial charge in [-0.15, -0.1) is 0 Å². The van der Waals surface area contributed by atoms with Crippen molar-refractivity contribution in [3.8, 4) is 0 Å². The van der Waals surface area contributed by atoms with Crippen LogP contribution in [-0.4, -0.2) is 41.8 Å². The third-order valence-electron chi connectivity index (χ3n) is 4.23. The lowest BCUT2D eigenvalue weighted by Crippen LogP contribution is -2.50. The van der Waals surface area contributed by atoms with Crippen LogP contribution in [0, 0.1) is 0 Å². The molecule has 0 saturated carbocycles. The van der Waals surface area contributed by atoms with E-state index in [0.29, 0.717) is 12.8 Å². The highest BCUT2D eigenvalue weighted by Crippen LogP contribution is 2.04. The summed E-state index contributed by atoms with van der Waals surface area (Å²) in [6.45, 7) is 1.25. The minimum atomic E-state index is -1.02. The molecule has 0 aliphatic carbocycles. The van der Waals surface area contributed by atoms with Gasteiger partial charge in [-0.2, -0.15) is 0 Å². The maximum absolute atomic E-state index is 12.1. The molecule has 0 fully saturated rings. The number of hydrogen-bond donors (Lipinski definition) is 4. The zero-order valence-corrected chi connectivity index (χ0v) is 16.8. The largest absolute Gasteiger partial charge is 0.445 e. The standard InChI is InChI=1S/C22H27N3O5/c1-16(21(28)25-19(26)13-12-17-8-4-2-5-9-17)24-20(27)14-23-22(29)30-15-18-10-6-3-7-11-18/h2-11,16,19,26H,12-15H2,1H3,(H,23,29)(H,24,27)(H,25,28)/t16-,19?/m0/s1. The number of ether oxygens (including phenoxy) is 1. The van der Waals surface area contributed by atoms with E-state index in [2.05, 4.69) is 16.0 Å². The summed E-state index contributed by atoms with van der Waals surface area (Å²) in [4.78, 5) is 35.7. The predicted molar refractivity (Wildman–Crippen MR) is 111 cm³/mol. The van der Waals surface area contributed by atoms with Gasteiger partial charge in [0.05, 0.1) is 0 Å². The van der Waals surface area contributed by atoms with Crippen LogP contribution < -0.4 is 16.0 Å². The number of benzene rings is 2. The van der Waals surface area contributed by atoms with Gasteiger partial charge in [0.25, 0.3) is 0 Å². The zero-order valence-electron chi connectivity index (χ0n) is 16.8. The van der Waals surface area contributed by atoms with E-state index in [1.54, 1.807) is 0 Å². The molecule has 0 heterocycles. The van der Waals surface area contributed by atoms with Crippen molar-refractivity contribution in [3.05, 3.63) is 71.8 Å². The molecule has 0 aliphatic heterocycles. The fourth-order valence-electron chi connectivity index (χ4n) is 2.59. The van der Waals surface area contributed by atoms with Crippen LogP contribution in [0.25, 0.3) is 0 Å². The predicted octanol–water partition coefficient (Wildman–Crippen LogP) is 1.48. The van der Waals surface area contributed by atoms with E-state index in [1.807, 2.05) is 60.7 Å². The van der Waals surface area contributed by atoms with Crippen molar-refractivity contribution in [2.45, 2.75) is 38.6 Å². The minimum Gasteiger partial charge on any atom is -0.445 e. The summed E-state index contributed by atoms with van der Waals surface area (Å²) in [5.74, 6) is -1.07. The van der Waals surface area contributed by atoms with Gasteiger partial charge < -0.3 is 25.8 Å². The molecule has 0 spiro atoms. The van der Waals surface area contributed by atoms with Gasteiger partial charge in [-0.3, -0.25) is 9.59 Å². The van der Waals surface area contributed by atoms with E-state index in [0.717, 1.165) is 11.1 Å². The number of carbonyl (C=O) groups excluding carboxylic acids is 3. The summed E-state index contributed by atoms with van der Waals surface area (Å²) in [5, 5.41) is 17.2. The number of rotatable bonds is 10. The fraction of sp³-hybridized carbons (Fsp3) is 0.318.